The minimum absolute atomic E-state index is 0.200. The normalized spacial score (nSPS) is 21.9. The van der Waals surface area contributed by atoms with Gasteiger partial charge in [0.2, 0.25) is 5.91 Å². The molecule has 2 aromatic heterocycles. The summed E-state index contributed by atoms with van der Waals surface area (Å²) in [5.41, 5.74) is 2.02. The topological polar surface area (TPSA) is 79.4 Å². The van der Waals surface area contributed by atoms with Crippen molar-refractivity contribution in [2.24, 2.45) is 7.05 Å². The number of aliphatic hydroxyl groups is 1. The zero-order valence-corrected chi connectivity index (χ0v) is 15.9. The van der Waals surface area contributed by atoms with E-state index in [1.54, 1.807) is 0 Å². The highest BCUT2D eigenvalue weighted by Gasteiger charge is 2.26. The number of aliphatic hydroxyl groups excluding tert-OH is 1. The zero-order chi connectivity index (χ0) is 18.8. The number of carbonyl (C=O) groups is 1. The molecule has 2 fully saturated rings. The molecule has 2 aromatic rings. The SMILES string of the molecule is Cn1ccc(CC(=O)N2CCC(n3cc(CN4CC[C@@H](O)C4)nn3)CC2)c1. The molecule has 4 heterocycles. The van der Waals surface area contributed by atoms with Crippen molar-refractivity contribution in [3.8, 4) is 0 Å². The van der Waals surface area contributed by atoms with Crippen LogP contribution in [0.5, 0.6) is 0 Å². The monoisotopic (exact) mass is 372 g/mol. The number of hydrogen-bond acceptors (Lipinski definition) is 5. The van der Waals surface area contributed by atoms with Gasteiger partial charge in [0.15, 0.2) is 0 Å². The number of likely N-dealkylation sites (tertiary alicyclic amines) is 2. The van der Waals surface area contributed by atoms with Gasteiger partial charge in [0.1, 0.15) is 0 Å². The molecule has 0 aliphatic carbocycles. The zero-order valence-electron chi connectivity index (χ0n) is 15.9. The number of nitrogens with zero attached hydrogens (tertiary/aromatic N) is 6. The van der Waals surface area contributed by atoms with Crippen molar-refractivity contribution in [2.75, 3.05) is 26.2 Å². The van der Waals surface area contributed by atoms with Crippen molar-refractivity contribution >= 4 is 5.91 Å². The van der Waals surface area contributed by atoms with Crippen molar-refractivity contribution in [1.82, 2.24) is 29.4 Å². The quantitative estimate of drug-likeness (QED) is 0.831. The molecule has 0 bridgehead atoms. The predicted molar refractivity (Wildman–Crippen MR) is 99.9 cm³/mol. The second-order valence-corrected chi connectivity index (χ2v) is 7.84. The maximum Gasteiger partial charge on any atom is 0.227 e. The van der Waals surface area contributed by atoms with Crippen molar-refractivity contribution < 1.29 is 9.90 Å². The van der Waals surface area contributed by atoms with Gasteiger partial charge in [-0.25, -0.2) is 4.68 Å². The van der Waals surface area contributed by atoms with Gasteiger partial charge in [0, 0.05) is 52.2 Å². The Morgan fingerprint density at radius 1 is 1.22 bits per heavy atom. The molecule has 0 spiro atoms. The van der Waals surface area contributed by atoms with E-state index >= 15 is 0 Å². The summed E-state index contributed by atoms with van der Waals surface area (Å²) in [5.74, 6) is 0.200. The van der Waals surface area contributed by atoms with Gasteiger partial charge in [0.05, 0.1) is 30.5 Å². The number of carbonyl (C=O) groups excluding carboxylic acids is 1. The molecule has 2 aliphatic rings. The average Bonchev–Trinajstić information content (AvgIpc) is 3.38. The first-order valence-corrected chi connectivity index (χ1v) is 9.76. The molecule has 0 saturated carbocycles. The molecule has 1 amide bonds. The van der Waals surface area contributed by atoms with E-state index in [1.165, 1.54) is 0 Å². The van der Waals surface area contributed by atoms with Crippen molar-refractivity contribution in [3.63, 3.8) is 0 Å². The van der Waals surface area contributed by atoms with Crippen LogP contribution in [0.15, 0.2) is 24.7 Å². The van der Waals surface area contributed by atoms with E-state index in [0.29, 0.717) is 12.5 Å². The highest BCUT2D eigenvalue weighted by Crippen LogP contribution is 2.23. The number of amides is 1. The van der Waals surface area contributed by atoms with Gasteiger partial charge in [-0.2, -0.15) is 0 Å². The van der Waals surface area contributed by atoms with E-state index in [1.807, 2.05) is 45.9 Å². The number of aromatic nitrogens is 4. The third-order valence-corrected chi connectivity index (χ3v) is 5.63. The maximum absolute atomic E-state index is 12.5. The Balaban J connectivity index is 1.27. The van der Waals surface area contributed by atoms with Crippen LogP contribution in [0.4, 0.5) is 0 Å². The summed E-state index contributed by atoms with van der Waals surface area (Å²) in [5, 5.41) is 18.2. The van der Waals surface area contributed by atoms with Crippen molar-refractivity contribution in [2.45, 2.75) is 44.4 Å². The molecule has 8 heteroatoms. The van der Waals surface area contributed by atoms with Crippen LogP contribution in [0.25, 0.3) is 0 Å². The lowest BCUT2D eigenvalue weighted by molar-refractivity contribution is -0.131. The van der Waals surface area contributed by atoms with E-state index in [0.717, 1.165) is 63.2 Å². The van der Waals surface area contributed by atoms with Crippen molar-refractivity contribution in [1.29, 1.82) is 0 Å². The third-order valence-electron chi connectivity index (χ3n) is 5.63. The lowest BCUT2D eigenvalue weighted by Crippen LogP contribution is -2.39. The van der Waals surface area contributed by atoms with Gasteiger partial charge in [-0.3, -0.25) is 9.69 Å². The highest BCUT2D eigenvalue weighted by molar-refractivity contribution is 5.78. The smallest absolute Gasteiger partial charge is 0.227 e. The first-order valence-electron chi connectivity index (χ1n) is 9.76. The van der Waals surface area contributed by atoms with Crippen LogP contribution in [0.3, 0.4) is 0 Å². The molecule has 0 radical (unpaired) electrons. The van der Waals surface area contributed by atoms with Gasteiger partial charge in [-0.05, 0) is 30.9 Å². The summed E-state index contributed by atoms with van der Waals surface area (Å²) in [6, 6.07) is 2.30. The molecule has 1 N–H and O–H groups in total. The van der Waals surface area contributed by atoms with Crippen LogP contribution in [-0.2, 0) is 24.8 Å². The predicted octanol–water partition coefficient (Wildman–Crippen LogP) is 0.589. The highest BCUT2D eigenvalue weighted by atomic mass is 16.3. The Kier molecular flexibility index (Phi) is 5.27. The minimum atomic E-state index is -0.210. The van der Waals surface area contributed by atoms with Gasteiger partial charge in [0.25, 0.3) is 0 Å². The van der Waals surface area contributed by atoms with Crippen LogP contribution >= 0.6 is 0 Å². The molecule has 2 saturated heterocycles. The molecular formula is C19H28N6O2. The van der Waals surface area contributed by atoms with Crippen LogP contribution in [-0.4, -0.2) is 72.7 Å². The first-order chi connectivity index (χ1) is 13.1. The molecular weight excluding hydrogens is 344 g/mol. The van der Waals surface area contributed by atoms with Gasteiger partial charge in [-0.15, -0.1) is 5.10 Å². The van der Waals surface area contributed by atoms with E-state index in [4.69, 9.17) is 0 Å². The van der Waals surface area contributed by atoms with Crippen LogP contribution in [0.2, 0.25) is 0 Å². The number of rotatable bonds is 5. The van der Waals surface area contributed by atoms with E-state index < -0.39 is 0 Å². The molecule has 1 atom stereocenters. The van der Waals surface area contributed by atoms with Crippen molar-refractivity contribution in [3.05, 3.63) is 35.9 Å². The fraction of sp³-hybridized carbons (Fsp3) is 0.632. The van der Waals surface area contributed by atoms with E-state index in [2.05, 4.69) is 15.2 Å². The first kappa shape index (κ1) is 18.2. The third kappa shape index (κ3) is 4.39. The summed E-state index contributed by atoms with van der Waals surface area (Å²) < 4.78 is 3.93. The number of β-amino-alcohol motifs (C(OH)–C–C–N with tert-alkyl or cyclic N) is 1. The van der Waals surface area contributed by atoms with Crippen LogP contribution < -0.4 is 0 Å². The minimum Gasteiger partial charge on any atom is -0.392 e. The lowest BCUT2D eigenvalue weighted by Gasteiger charge is -2.31. The fourth-order valence-corrected chi connectivity index (χ4v) is 4.08. The molecule has 146 valence electrons. The Morgan fingerprint density at radius 3 is 2.70 bits per heavy atom. The summed E-state index contributed by atoms with van der Waals surface area (Å²) in [4.78, 5) is 16.7. The average molecular weight is 372 g/mol. The molecule has 8 nitrogen and oxygen atoms in total. The number of piperidine rings is 1. The molecule has 4 rings (SSSR count). The second kappa shape index (κ2) is 7.82. The largest absolute Gasteiger partial charge is 0.392 e. The molecule has 27 heavy (non-hydrogen) atoms. The maximum atomic E-state index is 12.5. The Labute approximate surface area is 159 Å². The lowest BCUT2D eigenvalue weighted by atomic mass is 10.0. The van der Waals surface area contributed by atoms with Gasteiger partial charge in [-0.1, -0.05) is 5.21 Å². The molecule has 0 aromatic carbocycles. The molecule has 0 unspecified atom stereocenters. The number of hydrogen-bond donors (Lipinski definition) is 1. The molecule has 2 aliphatic heterocycles. The summed E-state index contributed by atoms with van der Waals surface area (Å²) in [7, 11) is 1.97. The summed E-state index contributed by atoms with van der Waals surface area (Å²) in [6.45, 7) is 3.91. The standard InChI is InChI=1S/C19H28N6O2/c1-22-6-2-15(11-22)10-19(27)24-8-3-17(4-9-24)25-13-16(20-21-25)12-23-7-5-18(26)14-23/h2,6,11,13,17-18,26H,3-5,7-10,12,14H2,1H3/t18-/m1/s1. The van der Waals surface area contributed by atoms with Crippen LogP contribution in [0.1, 0.15) is 36.6 Å². The van der Waals surface area contributed by atoms with E-state index in [-0.39, 0.29) is 12.0 Å². The summed E-state index contributed by atoms with van der Waals surface area (Å²) >= 11 is 0. The van der Waals surface area contributed by atoms with E-state index in [9.17, 15) is 9.90 Å². The fourth-order valence-electron chi connectivity index (χ4n) is 4.08. The Morgan fingerprint density at radius 2 is 2.04 bits per heavy atom. The Bertz CT molecular complexity index is 777. The van der Waals surface area contributed by atoms with Crippen LogP contribution in [0, 0.1) is 0 Å². The second-order valence-electron chi connectivity index (χ2n) is 7.84. The van der Waals surface area contributed by atoms with Gasteiger partial charge >= 0.3 is 0 Å². The number of aryl methyl sites for hydroxylation is 1. The Hall–Kier alpha value is -2.19. The summed E-state index contributed by atoms with van der Waals surface area (Å²) in [6.07, 6.45) is 8.91. The van der Waals surface area contributed by atoms with Gasteiger partial charge < -0.3 is 14.6 Å².